The molecule has 2 nitrogen and oxygen atoms in total. The molecule has 114 valence electrons. The molecule has 0 radical (unpaired) electrons. The fourth-order valence-electron chi connectivity index (χ4n) is 3.32. The summed E-state index contributed by atoms with van der Waals surface area (Å²) < 4.78 is 13.5. The van der Waals surface area contributed by atoms with Crippen molar-refractivity contribution >= 4 is 11.6 Å². The van der Waals surface area contributed by atoms with Gasteiger partial charge in [-0.1, -0.05) is 25.4 Å². The van der Waals surface area contributed by atoms with Gasteiger partial charge in [-0.15, -0.1) is 0 Å². The minimum atomic E-state index is -0.996. The molecule has 0 spiro atoms. The van der Waals surface area contributed by atoms with E-state index in [9.17, 15) is 14.8 Å². The molecule has 0 saturated heterocycles. The highest BCUT2D eigenvalue weighted by molar-refractivity contribution is 6.30. The minimum Gasteiger partial charge on any atom is -0.387 e. The summed E-state index contributed by atoms with van der Waals surface area (Å²) in [5.41, 5.74) is -0.438. The summed E-state index contributed by atoms with van der Waals surface area (Å²) in [4.78, 5) is 0. The lowest BCUT2D eigenvalue weighted by atomic mass is 9.65. The Morgan fingerprint density at radius 3 is 2.43 bits per heavy atom. The van der Waals surface area contributed by atoms with Gasteiger partial charge in [0.05, 0.1) is 17.6 Å². The summed E-state index contributed by atoms with van der Waals surface area (Å²) in [7, 11) is 0. The molecule has 0 heterocycles. The third kappa shape index (κ3) is 3.39. The lowest BCUT2D eigenvalue weighted by molar-refractivity contribution is 0.0188. The fourth-order valence-corrected chi connectivity index (χ4v) is 3.55. The number of aliphatic hydroxyl groups is 1. The molecule has 1 aromatic rings. The Balaban J connectivity index is 2.23. The maximum atomic E-state index is 13.5. The monoisotopic (exact) mass is 309 g/mol. The van der Waals surface area contributed by atoms with Crippen molar-refractivity contribution in [3.05, 3.63) is 34.6 Å². The van der Waals surface area contributed by atoms with Crippen molar-refractivity contribution in [2.45, 2.75) is 45.6 Å². The van der Waals surface area contributed by atoms with Crippen LogP contribution in [0.5, 0.6) is 0 Å². The first-order valence-corrected chi connectivity index (χ1v) is 7.81. The largest absolute Gasteiger partial charge is 0.387 e. The zero-order valence-corrected chi connectivity index (χ0v) is 13.2. The van der Waals surface area contributed by atoms with Gasteiger partial charge >= 0.3 is 0 Å². The van der Waals surface area contributed by atoms with E-state index in [1.165, 1.54) is 12.1 Å². The van der Waals surface area contributed by atoms with Gasteiger partial charge in [0.25, 0.3) is 0 Å². The van der Waals surface area contributed by atoms with E-state index in [-0.39, 0.29) is 5.02 Å². The molecule has 0 amide bonds. The summed E-state index contributed by atoms with van der Waals surface area (Å²) in [5, 5.41) is 20.5. The second-order valence-corrected chi connectivity index (χ2v) is 6.89. The fraction of sp³-hybridized carbons (Fsp3) is 0.588. The Morgan fingerprint density at radius 1 is 1.33 bits per heavy atom. The van der Waals surface area contributed by atoms with Crippen LogP contribution in [0.3, 0.4) is 0 Å². The number of aliphatic hydroxyl groups excluding tert-OH is 1. The molecule has 1 unspecified atom stereocenters. The molecule has 1 atom stereocenters. The van der Waals surface area contributed by atoms with E-state index in [1.54, 1.807) is 6.07 Å². The van der Waals surface area contributed by atoms with Crippen molar-refractivity contribution in [2.24, 2.45) is 17.3 Å². The molecule has 4 heteroatoms. The van der Waals surface area contributed by atoms with E-state index in [0.717, 1.165) is 12.8 Å². The lowest BCUT2D eigenvalue weighted by Crippen LogP contribution is -2.33. The summed E-state index contributed by atoms with van der Waals surface area (Å²) in [6.45, 7) is 4.37. The van der Waals surface area contributed by atoms with Crippen LogP contribution in [0.25, 0.3) is 0 Å². The maximum Gasteiger partial charge on any atom is 0.125 e. The minimum absolute atomic E-state index is 0.244. The molecular formula is C17H21ClFNO. The standard InChI is InChI=1S/C17H21ClFNO/c1-11(2)12-3-5-17(10-20,6-4-12)16(21)13-7-14(18)9-15(19)8-13/h7-9,11-12,16,21H,3-6H2,1-2H3. The zero-order chi connectivity index (χ0) is 15.6. The van der Waals surface area contributed by atoms with E-state index in [4.69, 9.17) is 11.6 Å². The second kappa shape index (κ2) is 6.34. The van der Waals surface area contributed by atoms with Crippen molar-refractivity contribution in [3.63, 3.8) is 0 Å². The third-order valence-electron chi connectivity index (χ3n) is 4.81. The molecule has 1 N–H and O–H groups in total. The smallest absolute Gasteiger partial charge is 0.125 e. The second-order valence-electron chi connectivity index (χ2n) is 6.45. The van der Waals surface area contributed by atoms with Crippen LogP contribution in [-0.2, 0) is 0 Å². The van der Waals surface area contributed by atoms with Gasteiger partial charge in [-0.2, -0.15) is 5.26 Å². The topological polar surface area (TPSA) is 44.0 Å². The molecule has 2 rings (SSSR count). The van der Waals surface area contributed by atoms with Crippen LogP contribution in [0.15, 0.2) is 18.2 Å². The Labute approximate surface area is 130 Å². The van der Waals surface area contributed by atoms with E-state index >= 15 is 0 Å². The summed E-state index contributed by atoms with van der Waals surface area (Å²) in [6.07, 6.45) is 2.13. The molecule has 0 bridgehead atoms. The summed E-state index contributed by atoms with van der Waals surface area (Å²) in [6, 6.07) is 6.31. The van der Waals surface area contributed by atoms with Gasteiger partial charge in [0.15, 0.2) is 0 Å². The van der Waals surface area contributed by atoms with Gasteiger partial charge in [-0.3, -0.25) is 0 Å². The Kier molecular flexibility index (Phi) is 4.91. The molecule has 1 aliphatic rings. The van der Waals surface area contributed by atoms with Crippen LogP contribution in [0.2, 0.25) is 5.02 Å². The molecule has 21 heavy (non-hydrogen) atoms. The van der Waals surface area contributed by atoms with Gasteiger partial charge < -0.3 is 5.11 Å². The zero-order valence-electron chi connectivity index (χ0n) is 12.4. The lowest BCUT2D eigenvalue weighted by Gasteiger charge is -2.39. The van der Waals surface area contributed by atoms with Crippen molar-refractivity contribution < 1.29 is 9.50 Å². The van der Waals surface area contributed by atoms with E-state index < -0.39 is 17.3 Å². The van der Waals surface area contributed by atoms with E-state index in [2.05, 4.69) is 19.9 Å². The Bertz CT molecular complexity index is 524. The molecule has 1 aliphatic carbocycles. The van der Waals surface area contributed by atoms with Crippen LogP contribution >= 0.6 is 11.6 Å². The van der Waals surface area contributed by atoms with Crippen molar-refractivity contribution in [2.75, 3.05) is 0 Å². The summed E-state index contributed by atoms with van der Waals surface area (Å²) >= 11 is 5.85. The van der Waals surface area contributed by atoms with Crippen molar-refractivity contribution in [1.29, 1.82) is 5.26 Å². The number of nitriles is 1. The highest BCUT2D eigenvalue weighted by Gasteiger charge is 2.43. The van der Waals surface area contributed by atoms with Crippen LogP contribution in [-0.4, -0.2) is 5.11 Å². The molecule has 1 saturated carbocycles. The number of benzene rings is 1. The van der Waals surface area contributed by atoms with Gasteiger partial charge in [0, 0.05) is 5.02 Å². The highest BCUT2D eigenvalue weighted by Crippen LogP contribution is 2.48. The van der Waals surface area contributed by atoms with Crippen molar-refractivity contribution in [1.82, 2.24) is 0 Å². The average molecular weight is 310 g/mol. The Hall–Kier alpha value is -1.11. The molecule has 0 aliphatic heterocycles. The van der Waals surface area contributed by atoms with Crippen molar-refractivity contribution in [3.8, 4) is 6.07 Å². The molecule has 0 aromatic heterocycles. The van der Waals surface area contributed by atoms with Gasteiger partial charge in [-0.25, -0.2) is 4.39 Å². The number of nitrogens with zero attached hydrogens (tertiary/aromatic N) is 1. The Morgan fingerprint density at radius 2 is 1.95 bits per heavy atom. The van der Waals surface area contributed by atoms with Crippen LogP contribution < -0.4 is 0 Å². The number of rotatable bonds is 3. The maximum absolute atomic E-state index is 13.5. The first-order valence-electron chi connectivity index (χ1n) is 7.43. The average Bonchev–Trinajstić information content (AvgIpc) is 2.45. The molecule has 1 fully saturated rings. The number of hydrogen-bond acceptors (Lipinski definition) is 2. The van der Waals surface area contributed by atoms with Crippen LogP contribution in [0.1, 0.15) is 51.2 Å². The van der Waals surface area contributed by atoms with Gasteiger partial charge in [0.2, 0.25) is 0 Å². The number of halogens is 2. The summed E-state index contributed by atoms with van der Waals surface area (Å²) in [5.74, 6) is 0.692. The molecule has 1 aromatic carbocycles. The van der Waals surface area contributed by atoms with E-state index in [0.29, 0.717) is 30.2 Å². The van der Waals surface area contributed by atoms with E-state index in [1.807, 2.05) is 0 Å². The van der Waals surface area contributed by atoms with Crippen LogP contribution in [0.4, 0.5) is 4.39 Å². The first kappa shape index (κ1) is 16.3. The molecular weight excluding hydrogens is 289 g/mol. The highest BCUT2D eigenvalue weighted by atomic mass is 35.5. The first-order chi connectivity index (χ1) is 9.88. The third-order valence-corrected chi connectivity index (χ3v) is 5.03. The van der Waals surface area contributed by atoms with Gasteiger partial charge in [0.1, 0.15) is 5.82 Å². The quantitative estimate of drug-likeness (QED) is 0.865. The number of hydrogen-bond donors (Lipinski definition) is 1. The van der Waals surface area contributed by atoms with Crippen LogP contribution in [0, 0.1) is 34.4 Å². The predicted octanol–water partition coefficient (Wildman–Crippen LogP) is 4.87. The predicted molar refractivity (Wildman–Crippen MR) is 81.2 cm³/mol. The van der Waals surface area contributed by atoms with Gasteiger partial charge in [-0.05, 0) is 61.3 Å². The SMILES string of the molecule is CC(C)C1CCC(C#N)(C(O)c2cc(F)cc(Cl)c2)CC1. The normalized spacial score (nSPS) is 27.4.